The van der Waals surface area contributed by atoms with Gasteiger partial charge in [-0.15, -0.1) is 0 Å². The zero-order chi connectivity index (χ0) is 17.6. The molecule has 1 fully saturated rings. The molecule has 1 N–H and O–H groups in total. The van der Waals surface area contributed by atoms with Crippen molar-refractivity contribution >= 4 is 6.03 Å². The van der Waals surface area contributed by atoms with E-state index in [1.807, 2.05) is 23.6 Å². The van der Waals surface area contributed by atoms with Crippen LogP contribution >= 0.6 is 0 Å². The molecule has 8 heteroatoms. The molecule has 1 aliphatic heterocycles. The van der Waals surface area contributed by atoms with Crippen LogP contribution in [0.2, 0.25) is 0 Å². The van der Waals surface area contributed by atoms with Crippen molar-refractivity contribution in [2.45, 2.75) is 58.0 Å². The Morgan fingerprint density at radius 1 is 1.44 bits per heavy atom. The third-order valence-corrected chi connectivity index (χ3v) is 5.10. The van der Waals surface area contributed by atoms with E-state index in [1.54, 1.807) is 0 Å². The first-order valence-corrected chi connectivity index (χ1v) is 9.01. The van der Waals surface area contributed by atoms with Gasteiger partial charge >= 0.3 is 6.03 Å². The number of nitrogens with zero attached hydrogens (tertiary/aromatic N) is 5. The maximum atomic E-state index is 12.5. The fourth-order valence-electron chi connectivity index (χ4n) is 3.18. The van der Waals surface area contributed by atoms with E-state index in [4.69, 9.17) is 4.52 Å². The van der Waals surface area contributed by atoms with Gasteiger partial charge in [-0.25, -0.2) is 4.79 Å². The SMILES string of the molecule is CCC(C)NC(=O)N1CCc2c(c(-c3nc(C4CC4)no3)nn2C)C1. The number of carbonyl (C=O) groups excluding carboxylic acids is 1. The fourth-order valence-corrected chi connectivity index (χ4v) is 3.18. The Bertz CT molecular complexity index is 791. The van der Waals surface area contributed by atoms with Gasteiger partial charge in [-0.3, -0.25) is 4.68 Å². The zero-order valence-electron chi connectivity index (χ0n) is 14.9. The molecule has 1 aliphatic carbocycles. The first kappa shape index (κ1) is 16.1. The number of hydrogen-bond acceptors (Lipinski definition) is 5. The average Bonchev–Trinajstić information content (AvgIpc) is 3.26. The molecule has 2 aromatic heterocycles. The summed E-state index contributed by atoms with van der Waals surface area (Å²) in [6.45, 7) is 5.28. The van der Waals surface area contributed by atoms with Crippen molar-refractivity contribution in [1.29, 1.82) is 0 Å². The predicted octanol–water partition coefficient (Wildman–Crippen LogP) is 2.21. The summed E-state index contributed by atoms with van der Waals surface area (Å²) in [6.07, 6.45) is 3.94. The van der Waals surface area contributed by atoms with E-state index in [0.717, 1.165) is 42.8 Å². The molecule has 0 bridgehead atoms. The lowest BCUT2D eigenvalue weighted by Crippen LogP contribution is -2.45. The van der Waals surface area contributed by atoms with Crippen molar-refractivity contribution in [2.24, 2.45) is 7.05 Å². The normalized spacial score (nSPS) is 18.1. The van der Waals surface area contributed by atoms with Crippen molar-refractivity contribution in [2.75, 3.05) is 6.54 Å². The third kappa shape index (κ3) is 3.01. The Morgan fingerprint density at radius 3 is 2.96 bits per heavy atom. The molecule has 1 unspecified atom stereocenters. The molecule has 0 radical (unpaired) electrons. The molecule has 2 aliphatic rings. The lowest BCUT2D eigenvalue weighted by molar-refractivity contribution is 0.188. The summed E-state index contributed by atoms with van der Waals surface area (Å²) < 4.78 is 7.32. The number of fused-ring (bicyclic) bond motifs is 1. The minimum absolute atomic E-state index is 0.0287. The number of aromatic nitrogens is 4. The molecular formula is C17H24N6O2. The third-order valence-electron chi connectivity index (χ3n) is 5.10. The van der Waals surface area contributed by atoms with Crippen LogP contribution in [0.25, 0.3) is 11.6 Å². The van der Waals surface area contributed by atoms with E-state index < -0.39 is 0 Å². The van der Waals surface area contributed by atoms with Crippen LogP contribution in [0.15, 0.2) is 4.52 Å². The molecule has 134 valence electrons. The molecule has 2 amide bonds. The molecule has 0 aromatic carbocycles. The summed E-state index contributed by atoms with van der Waals surface area (Å²) in [5.74, 6) is 1.68. The maximum absolute atomic E-state index is 12.5. The van der Waals surface area contributed by atoms with Gasteiger partial charge in [0.2, 0.25) is 0 Å². The summed E-state index contributed by atoms with van der Waals surface area (Å²) in [5.41, 5.74) is 2.85. The molecular weight excluding hydrogens is 320 g/mol. The van der Waals surface area contributed by atoms with E-state index in [-0.39, 0.29) is 12.1 Å². The van der Waals surface area contributed by atoms with Crippen LogP contribution in [0, 0.1) is 0 Å². The number of hydrogen-bond donors (Lipinski definition) is 1. The lowest BCUT2D eigenvalue weighted by Gasteiger charge is -2.28. The van der Waals surface area contributed by atoms with Crippen LogP contribution in [0.1, 0.15) is 56.1 Å². The summed E-state index contributed by atoms with van der Waals surface area (Å²) in [6, 6.07) is 0.137. The minimum atomic E-state index is -0.0287. The van der Waals surface area contributed by atoms with Gasteiger partial charge in [0, 0.05) is 43.2 Å². The number of urea groups is 1. The van der Waals surface area contributed by atoms with Gasteiger partial charge in [-0.1, -0.05) is 12.1 Å². The number of nitrogens with one attached hydrogen (secondary N) is 1. The number of carbonyl (C=O) groups is 1. The monoisotopic (exact) mass is 344 g/mol. The predicted molar refractivity (Wildman–Crippen MR) is 90.9 cm³/mol. The summed E-state index contributed by atoms with van der Waals surface area (Å²) in [5, 5.41) is 11.7. The second kappa shape index (κ2) is 6.16. The maximum Gasteiger partial charge on any atom is 0.317 e. The van der Waals surface area contributed by atoms with Crippen LogP contribution in [0.5, 0.6) is 0 Å². The highest BCUT2D eigenvalue weighted by Gasteiger charge is 2.32. The molecule has 0 spiro atoms. The van der Waals surface area contributed by atoms with Crippen LogP contribution in [-0.2, 0) is 20.0 Å². The summed E-state index contributed by atoms with van der Waals surface area (Å²) in [4.78, 5) is 18.8. The zero-order valence-corrected chi connectivity index (χ0v) is 14.9. The van der Waals surface area contributed by atoms with Gasteiger partial charge in [0.15, 0.2) is 11.5 Å². The molecule has 25 heavy (non-hydrogen) atoms. The number of aryl methyl sites for hydroxylation is 1. The van der Waals surface area contributed by atoms with E-state index in [1.165, 1.54) is 0 Å². The topological polar surface area (TPSA) is 89.1 Å². The van der Waals surface area contributed by atoms with Gasteiger partial charge < -0.3 is 14.7 Å². The first-order chi connectivity index (χ1) is 12.1. The van der Waals surface area contributed by atoms with Gasteiger partial charge in [0.05, 0.1) is 6.54 Å². The van der Waals surface area contributed by atoms with Gasteiger partial charge in [-0.05, 0) is 26.2 Å². The Morgan fingerprint density at radius 2 is 2.24 bits per heavy atom. The Hall–Kier alpha value is -2.38. The van der Waals surface area contributed by atoms with Crippen molar-refractivity contribution in [1.82, 2.24) is 30.1 Å². The van der Waals surface area contributed by atoms with Crippen LogP contribution in [0.4, 0.5) is 4.79 Å². The number of rotatable bonds is 4. The van der Waals surface area contributed by atoms with E-state index in [2.05, 4.69) is 27.5 Å². The second-order valence-corrected chi connectivity index (χ2v) is 7.06. The highest BCUT2D eigenvalue weighted by Crippen LogP contribution is 2.39. The summed E-state index contributed by atoms with van der Waals surface area (Å²) >= 11 is 0. The highest BCUT2D eigenvalue weighted by atomic mass is 16.5. The van der Waals surface area contributed by atoms with E-state index in [0.29, 0.717) is 30.6 Å². The Balaban J connectivity index is 1.59. The molecule has 2 aromatic rings. The van der Waals surface area contributed by atoms with Crippen molar-refractivity contribution < 1.29 is 9.32 Å². The largest absolute Gasteiger partial charge is 0.336 e. The molecule has 1 saturated carbocycles. The smallest absolute Gasteiger partial charge is 0.317 e. The fraction of sp³-hybridized carbons (Fsp3) is 0.647. The van der Waals surface area contributed by atoms with Crippen molar-refractivity contribution in [3.63, 3.8) is 0 Å². The lowest BCUT2D eigenvalue weighted by atomic mass is 10.1. The Labute approximate surface area is 146 Å². The first-order valence-electron chi connectivity index (χ1n) is 9.01. The molecule has 0 saturated heterocycles. The minimum Gasteiger partial charge on any atom is -0.336 e. The molecule has 3 heterocycles. The van der Waals surface area contributed by atoms with Crippen LogP contribution < -0.4 is 5.32 Å². The standard InChI is InChI=1S/C17H24N6O2/c1-4-10(2)18-17(24)23-8-7-13-12(9-23)14(20-22(13)3)16-19-15(21-25-16)11-5-6-11/h10-11H,4-9H2,1-3H3,(H,18,24). The van der Waals surface area contributed by atoms with Crippen molar-refractivity contribution in [3.05, 3.63) is 17.1 Å². The molecule has 1 atom stereocenters. The Kier molecular flexibility index (Phi) is 3.97. The number of amides is 2. The molecule has 8 nitrogen and oxygen atoms in total. The van der Waals surface area contributed by atoms with Crippen molar-refractivity contribution in [3.8, 4) is 11.6 Å². The summed E-state index contributed by atoms with van der Waals surface area (Å²) in [7, 11) is 1.93. The average molecular weight is 344 g/mol. The van der Waals surface area contributed by atoms with Gasteiger partial charge in [-0.2, -0.15) is 10.1 Å². The van der Waals surface area contributed by atoms with Gasteiger partial charge in [0.25, 0.3) is 5.89 Å². The van der Waals surface area contributed by atoms with Gasteiger partial charge in [0.1, 0.15) is 0 Å². The van der Waals surface area contributed by atoms with E-state index >= 15 is 0 Å². The highest BCUT2D eigenvalue weighted by molar-refractivity contribution is 5.75. The quantitative estimate of drug-likeness (QED) is 0.918. The molecule has 4 rings (SSSR count). The van der Waals surface area contributed by atoms with E-state index in [9.17, 15) is 4.79 Å². The second-order valence-electron chi connectivity index (χ2n) is 7.06. The van der Waals surface area contributed by atoms with Crippen LogP contribution in [0.3, 0.4) is 0 Å². The van der Waals surface area contributed by atoms with Crippen LogP contribution in [-0.4, -0.2) is 43.4 Å².